The Kier molecular flexibility index (Phi) is 4.33. The van der Waals surface area contributed by atoms with Crippen molar-refractivity contribution in [3.8, 4) is 0 Å². The summed E-state index contributed by atoms with van der Waals surface area (Å²) in [4.78, 5) is 6.49. The second-order valence-corrected chi connectivity index (χ2v) is 5.43. The number of benzene rings is 1. The maximum atomic E-state index is 4.32. The van der Waals surface area contributed by atoms with Gasteiger partial charge in [-0.1, -0.05) is 12.1 Å². The summed E-state index contributed by atoms with van der Waals surface area (Å²) in [6, 6.07) is 8.83. The molecule has 1 aromatic carbocycles. The van der Waals surface area contributed by atoms with Gasteiger partial charge in [0.25, 0.3) is 0 Å². The molecule has 1 aromatic heterocycles. The summed E-state index contributed by atoms with van der Waals surface area (Å²) in [5.41, 5.74) is 5.43. The van der Waals surface area contributed by atoms with Gasteiger partial charge in [0.15, 0.2) is 0 Å². The summed E-state index contributed by atoms with van der Waals surface area (Å²) in [6.07, 6.45) is 0. The van der Waals surface area contributed by atoms with Gasteiger partial charge in [-0.2, -0.15) is 0 Å². The highest BCUT2D eigenvalue weighted by Crippen LogP contribution is 2.19. The Balaban J connectivity index is 1.98. The monoisotopic (exact) mass is 261 g/mol. The fourth-order valence-corrected chi connectivity index (χ4v) is 2.48. The van der Waals surface area contributed by atoms with Gasteiger partial charge in [-0.3, -0.25) is 0 Å². The number of rotatable bonds is 5. The molecule has 1 atom stereocenters. The summed E-state index contributed by atoms with van der Waals surface area (Å²) in [6.45, 7) is 3.10. The third kappa shape index (κ3) is 3.55. The predicted octanol–water partition coefficient (Wildman–Crippen LogP) is 3.38. The van der Waals surface area contributed by atoms with Crippen molar-refractivity contribution < 1.29 is 0 Å². The zero-order chi connectivity index (χ0) is 13.0. The Morgan fingerprint density at radius 1 is 1.28 bits per heavy atom. The van der Waals surface area contributed by atoms with Crippen LogP contribution in [0.4, 0.5) is 5.69 Å². The van der Waals surface area contributed by atoms with Gasteiger partial charge in [-0.05, 0) is 38.7 Å². The van der Waals surface area contributed by atoms with Crippen LogP contribution in [0.2, 0.25) is 0 Å². The predicted molar refractivity (Wildman–Crippen MR) is 78.0 cm³/mol. The number of anilines is 1. The van der Waals surface area contributed by atoms with Crippen molar-refractivity contribution in [2.24, 2.45) is 0 Å². The first kappa shape index (κ1) is 13.1. The number of thiazole rings is 1. The van der Waals surface area contributed by atoms with Gasteiger partial charge in [0, 0.05) is 17.6 Å². The molecule has 4 heteroatoms. The molecule has 96 valence electrons. The molecule has 3 nitrogen and oxygen atoms in total. The Morgan fingerprint density at radius 2 is 2.00 bits per heavy atom. The number of nitrogens with one attached hydrogen (secondary N) is 1. The lowest BCUT2D eigenvalue weighted by Crippen LogP contribution is -2.11. The van der Waals surface area contributed by atoms with E-state index in [0.717, 1.165) is 17.9 Å². The first-order chi connectivity index (χ1) is 8.65. The van der Waals surface area contributed by atoms with E-state index < -0.39 is 0 Å². The molecule has 18 heavy (non-hydrogen) atoms. The molecule has 0 saturated carbocycles. The fraction of sp³-hybridized carbons (Fsp3) is 0.357. The SMILES string of the molecule is CC(Nc1ccc(CN(C)C)cc1)c1cscn1. The normalized spacial score (nSPS) is 12.7. The van der Waals surface area contributed by atoms with Crippen molar-refractivity contribution in [2.45, 2.75) is 19.5 Å². The van der Waals surface area contributed by atoms with Crippen LogP contribution >= 0.6 is 11.3 Å². The van der Waals surface area contributed by atoms with E-state index in [9.17, 15) is 0 Å². The average Bonchev–Trinajstić information content (AvgIpc) is 2.84. The van der Waals surface area contributed by atoms with E-state index in [0.29, 0.717) is 0 Å². The van der Waals surface area contributed by atoms with Crippen LogP contribution in [0.5, 0.6) is 0 Å². The van der Waals surface area contributed by atoms with E-state index in [2.05, 4.69) is 65.9 Å². The molecule has 0 saturated heterocycles. The van der Waals surface area contributed by atoms with Crippen LogP contribution in [0.15, 0.2) is 35.2 Å². The average molecular weight is 261 g/mol. The maximum absolute atomic E-state index is 4.32. The van der Waals surface area contributed by atoms with Crippen molar-refractivity contribution >= 4 is 17.0 Å². The molecule has 1 unspecified atom stereocenters. The molecule has 0 spiro atoms. The highest BCUT2D eigenvalue weighted by Gasteiger charge is 2.06. The van der Waals surface area contributed by atoms with E-state index in [1.165, 1.54) is 5.56 Å². The maximum Gasteiger partial charge on any atom is 0.0795 e. The van der Waals surface area contributed by atoms with E-state index in [4.69, 9.17) is 0 Å². The first-order valence-electron chi connectivity index (χ1n) is 6.03. The van der Waals surface area contributed by atoms with Crippen LogP contribution < -0.4 is 5.32 Å². The van der Waals surface area contributed by atoms with E-state index in [1.807, 2.05) is 5.51 Å². The Bertz CT molecular complexity index is 462. The molecule has 0 aliphatic rings. The first-order valence-corrected chi connectivity index (χ1v) is 6.97. The number of hydrogen-bond acceptors (Lipinski definition) is 4. The van der Waals surface area contributed by atoms with E-state index in [1.54, 1.807) is 11.3 Å². The van der Waals surface area contributed by atoms with Crippen LogP contribution in [0.25, 0.3) is 0 Å². The summed E-state index contributed by atoms with van der Waals surface area (Å²) in [7, 11) is 4.16. The summed E-state index contributed by atoms with van der Waals surface area (Å²) >= 11 is 1.63. The molecule has 0 amide bonds. The molecule has 2 rings (SSSR count). The number of nitrogens with zero attached hydrogens (tertiary/aromatic N) is 2. The van der Waals surface area contributed by atoms with Crippen molar-refractivity contribution in [1.82, 2.24) is 9.88 Å². The zero-order valence-electron chi connectivity index (χ0n) is 11.1. The molecule has 0 aliphatic heterocycles. The molecule has 0 radical (unpaired) electrons. The van der Waals surface area contributed by atoms with Gasteiger partial charge in [-0.25, -0.2) is 4.98 Å². The van der Waals surface area contributed by atoms with Gasteiger partial charge in [-0.15, -0.1) is 11.3 Å². The lowest BCUT2D eigenvalue weighted by Gasteiger charge is -2.14. The zero-order valence-corrected chi connectivity index (χ0v) is 11.9. The summed E-state index contributed by atoms with van der Waals surface area (Å²) in [5.74, 6) is 0. The number of hydrogen-bond donors (Lipinski definition) is 1. The molecule has 1 heterocycles. The molecule has 1 N–H and O–H groups in total. The smallest absolute Gasteiger partial charge is 0.0795 e. The van der Waals surface area contributed by atoms with Gasteiger partial charge in [0.1, 0.15) is 0 Å². The highest BCUT2D eigenvalue weighted by molar-refractivity contribution is 7.07. The molecule has 0 fully saturated rings. The third-order valence-corrected chi connectivity index (χ3v) is 3.34. The topological polar surface area (TPSA) is 28.2 Å². The van der Waals surface area contributed by atoms with Crippen LogP contribution in [0, 0.1) is 0 Å². The summed E-state index contributed by atoms with van der Waals surface area (Å²) < 4.78 is 0. The van der Waals surface area contributed by atoms with Crippen molar-refractivity contribution in [3.63, 3.8) is 0 Å². The largest absolute Gasteiger partial charge is 0.377 e. The van der Waals surface area contributed by atoms with E-state index in [-0.39, 0.29) is 6.04 Å². The molecule has 2 aromatic rings. The third-order valence-electron chi connectivity index (χ3n) is 2.73. The standard InChI is InChI=1S/C14H19N3S/c1-11(14-9-18-10-15-14)16-13-6-4-12(5-7-13)8-17(2)3/h4-7,9-11,16H,8H2,1-3H3. The van der Waals surface area contributed by atoms with Gasteiger partial charge in [0.05, 0.1) is 17.2 Å². The van der Waals surface area contributed by atoms with Crippen molar-refractivity contribution in [3.05, 3.63) is 46.4 Å². The molecular weight excluding hydrogens is 242 g/mol. The lowest BCUT2D eigenvalue weighted by molar-refractivity contribution is 0.402. The minimum atomic E-state index is 0.246. The quantitative estimate of drug-likeness (QED) is 0.894. The van der Waals surface area contributed by atoms with Gasteiger partial charge in [0.2, 0.25) is 0 Å². The fourth-order valence-electron chi connectivity index (χ4n) is 1.83. The second-order valence-electron chi connectivity index (χ2n) is 4.71. The molecule has 0 aliphatic carbocycles. The minimum Gasteiger partial charge on any atom is -0.377 e. The van der Waals surface area contributed by atoms with Crippen molar-refractivity contribution in [2.75, 3.05) is 19.4 Å². The minimum absolute atomic E-state index is 0.246. The number of aromatic nitrogens is 1. The Morgan fingerprint density at radius 3 is 2.56 bits per heavy atom. The van der Waals surface area contributed by atoms with Crippen LogP contribution in [-0.4, -0.2) is 24.0 Å². The Hall–Kier alpha value is -1.39. The Labute approximate surface area is 112 Å². The van der Waals surface area contributed by atoms with Gasteiger partial charge >= 0.3 is 0 Å². The van der Waals surface area contributed by atoms with E-state index >= 15 is 0 Å². The lowest BCUT2D eigenvalue weighted by atomic mass is 10.2. The molecular formula is C14H19N3S. The van der Waals surface area contributed by atoms with Crippen LogP contribution in [0.3, 0.4) is 0 Å². The summed E-state index contributed by atoms with van der Waals surface area (Å²) in [5, 5.41) is 5.54. The van der Waals surface area contributed by atoms with Crippen LogP contribution in [0.1, 0.15) is 24.2 Å². The van der Waals surface area contributed by atoms with Crippen LogP contribution in [-0.2, 0) is 6.54 Å². The molecule has 0 bridgehead atoms. The van der Waals surface area contributed by atoms with Gasteiger partial charge < -0.3 is 10.2 Å². The van der Waals surface area contributed by atoms with Crippen molar-refractivity contribution in [1.29, 1.82) is 0 Å². The second kappa shape index (κ2) is 5.98. The highest BCUT2D eigenvalue weighted by atomic mass is 32.1.